The summed E-state index contributed by atoms with van der Waals surface area (Å²) < 4.78 is 6.66. The normalized spacial score (nSPS) is 35.1. The summed E-state index contributed by atoms with van der Waals surface area (Å²) in [7, 11) is 0. The van der Waals surface area contributed by atoms with Gasteiger partial charge in [-0.05, 0) is 15.9 Å². The Kier molecular flexibility index (Phi) is 1.87. The van der Waals surface area contributed by atoms with Gasteiger partial charge in [-0.2, -0.15) is 0 Å². The van der Waals surface area contributed by atoms with Crippen LogP contribution in [-0.4, -0.2) is 29.2 Å². The van der Waals surface area contributed by atoms with Gasteiger partial charge < -0.3 is 10.1 Å². The summed E-state index contributed by atoms with van der Waals surface area (Å²) in [6.45, 7) is 1.61. The highest BCUT2D eigenvalue weighted by Crippen LogP contribution is 2.38. The first-order valence-electron chi connectivity index (χ1n) is 4.64. The van der Waals surface area contributed by atoms with Crippen molar-refractivity contribution in [3.63, 3.8) is 0 Å². The molecule has 0 amide bonds. The van der Waals surface area contributed by atoms with Crippen LogP contribution >= 0.6 is 15.9 Å². The second-order valence-corrected chi connectivity index (χ2v) is 4.73. The maximum absolute atomic E-state index is 5.76. The van der Waals surface area contributed by atoms with Gasteiger partial charge in [0.2, 0.25) is 0 Å². The molecule has 2 bridgehead atoms. The Labute approximate surface area is 90.2 Å². The summed E-state index contributed by atoms with van der Waals surface area (Å²) in [5.41, 5.74) is -0.259. The zero-order valence-corrected chi connectivity index (χ0v) is 9.12. The number of nitrogens with zero attached hydrogens (tertiary/aromatic N) is 2. The van der Waals surface area contributed by atoms with Crippen molar-refractivity contribution in [3.05, 3.63) is 22.7 Å². The molecule has 1 N–H and O–H groups in total. The zero-order chi connectivity index (χ0) is 9.60. The molecule has 74 valence electrons. The highest BCUT2D eigenvalue weighted by Gasteiger charge is 2.49. The van der Waals surface area contributed by atoms with E-state index in [2.05, 4.69) is 31.2 Å². The fourth-order valence-electron chi connectivity index (χ4n) is 2.12. The first kappa shape index (κ1) is 8.76. The highest BCUT2D eigenvalue weighted by molar-refractivity contribution is 9.10. The third kappa shape index (κ3) is 1.20. The van der Waals surface area contributed by atoms with E-state index in [0.717, 1.165) is 29.9 Å². The van der Waals surface area contributed by atoms with E-state index < -0.39 is 0 Å². The fourth-order valence-corrected chi connectivity index (χ4v) is 2.33. The van der Waals surface area contributed by atoms with Crippen LogP contribution in [0.25, 0.3) is 0 Å². The molecule has 3 rings (SSSR count). The van der Waals surface area contributed by atoms with Crippen molar-refractivity contribution in [1.29, 1.82) is 0 Å². The molecular weight excluding hydrogens is 246 g/mol. The van der Waals surface area contributed by atoms with Gasteiger partial charge in [0.05, 0.1) is 11.1 Å². The molecule has 0 radical (unpaired) electrons. The number of hydrogen-bond donors (Lipinski definition) is 1. The van der Waals surface area contributed by atoms with Gasteiger partial charge in [-0.1, -0.05) is 0 Å². The van der Waals surface area contributed by atoms with Crippen molar-refractivity contribution in [3.8, 4) is 0 Å². The Balaban J connectivity index is 1.98. The quantitative estimate of drug-likeness (QED) is 0.808. The smallest absolute Gasteiger partial charge is 0.161 e. The van der Waals surface area contributed by atoms with Crippen molar-refractivity contribution in [2.24, 2.45) is 0 Å². The lowest BCUT2D eigenvalue weighted by molar-refractivity contribution is -0.0163. The Morgan fingerprint density at radius 3 is 2.79 bits per heavy atom. The Bertz CT molecular complexity index is 346. The number of ether oxygens (including phenoxy) is 1. The summed E-state index contributed by atoms with van der Waals surface area (Å²) in [6, 6.07) is 0.488. The number of fused-ring (bicyclic) bond motifs is 2. The van der Waals surface area contributed by atoms with E-state index in [0.29, 0.717) is 6.04 Å². The predicted molar refractivity (Wildman–Crippen MR) is 53.8 cm³/mol. The van der Waals surface area contributed by atoms with Crippen LogP contribution in [0.5, 0.6) is 0 Å². The number of morpholine rings is 1. The Hall–Kier alpha value is -0.520. The van der Waals surface area contributed by atoms with Crippen molar-refractivity contribution in [2.45, 2.75) is 18.1 Å². The number of rotatable bonds is 1. The number of nitrogens with one attached hydrogen (secondary N) is 1. The maximum Gasteiger partial charge on any atom is 0.161 e. The van der Waals surface area contributed by atoms with Crippen LogP contribution in [-0.2, 0) is 10.3 Å². The summed E-state index contributed by atoms with van der Waals surface area (Å²) in [4.78, 5) is 8.61. The lowest BCUT2D eigenvalue weighted by Gasteiger charge is -2.24. The van der Waals surface area contributed by atoms with Crippen LogP contribution in [0, 0.1) is 0 Å². The monoisotopic (exact) mass is 255 g/mol. The molecule has 14 heavy (non-hydrogen) atoms. The average Bonchev–Trinajstić information content (AvgIpc) is 2.79. The molecule has 2 unspecified atom stereocenters. The lowest BCUT2D eigenvalue weighted by Crippen LogP contribution is -2.38. The van der Waals surface area contributed by atoms with Crippen LogP contribution in [0.4, 0.5) is 0 Å². The standard InChI is InChI=1S/C9H10BrN3O/c10-6-2-11-8(12-3-6)9-1-7(4-14-9)13-5-9/h2-3,7,13H,1,4-5H2. The predicted octanol–water partition coefficient (Wildman–Crippen LogP) is 0.826. The van der Waals surface area contributed by atoms with Gasteiger partial charge in [-0.15, -0.1) is 0 Å². The summed E-state index contributed by atoms with van der Waals surface area (Å²) in [6.07, 6.45) is 4.53. The third-order valence-corrected chi connectivity index (χ3v) is 3.25. The van der Waals surface area contributed by atoms with Crippen LogP contribution in [0.2, 0.25) is 0 Å². The van der Waals surface area contributed by atoms with E-state index in [9.17, 15) is 0 Å². The number of halogens is 1. The molecule has 2 atom stereocenters. The molecule has 0 saturated carbocycles. The van der Waals surface area contributed by atoms with Crippen LogP contribution in [0.1, 0.15) is 12.2 Å². The minimum Gasteiger partial charge on any atom is -0.364 e. The topological polar surface area (TPSA) is 47.0 Å². The minimum atomic E-state index is -0.259. The first-order valence-corrected chi connectivity index (χ1v) is 5.43. The van der Waals surface area contributed by atoms with Gasteiger partial charge in [0.25, 0.3) is 0 Å². The zero-order valence-electron chi connectivity index (χ0n) is 7.53. The minimum absolute atomic E-state index is 0.259. The lowest BCUT2D eigenvalue weighted by atomic mass is 10.0. The van der Waals surface area contributed by atoms with E-state index in [1.807, 2.05) is 0 Å². The fraction of sp³-hybridized carbons (Fsp3) is 0.556. The van der Waals surface area contributed by atoms with E-state index in [1.54, 1.807) is 12.4 Å². The largest absolute Gasteiger partial charge is 0.364 e. The average molecular weight is 256 g/mol. The van der Waals surface area contributed by atoms with Crippen molar-refractivity contribution in [2.75, 3.05) is 13.2 Å². The summed E-state index contributed by atoms with van der Waals surface area (Å²) >= 11 is 3.32. The molecule has 2 aliphatic heterocycles. The van der Waals surface area contributed by atoms with E-state index >= 15 is 0 Å². The molecule has 1 aromatic rings. The van der Waals surface area contributed by atoms with Crippen LogP contribution in [0.15, 0.2) is 16.9 Å². The highest BCUT2D eigenvalue weighted by atomic mass is 79.9. The molecule has 1 aromatic heterocycles. The van der Waals surface area contributed by atoms with Gasteiger partial charge in [-0.3, -0.25) is 0 Å². The summed E-state index contributed by atoms with van der Waals surface area (Å²) in [5, 5.41) is 3.39. The van der Waals surface area contributed by atoms with Crippen molar-refractivity contribution < 1.29 is 4.74 Å². The van der Waals surface area contributed by atoms with E-state index in [-0.39, 0.29) is 5.60 Å². The van der Waals surface area contributed by atoms with E-state index in [1.165, 1.54) is 0 Å². The molecular formula is C9H10BrN3O. The second-order valence-electron chi connectivity index (χ2n) is 3.81. The first-order chi connectivity index (χ1) is 6.78. The second kappa shape index (κ2) is 2.98. The third-order valence-electron chi connectivity index (χ3n) is 2.84. The van der Waals surface area contributed by atoms with Gasteiger partial charge in [0, 0.05) is 31.4 Å². The Morgan fingerprint density at radius 1 is 1.50 bits per heavy atom. The van der Waals surface area contributed by atoms with Crippen LogP contribution in [0.3, 0.4) is 0 Å². The molecule has 2 fully saturated rings. The van der Waals surface area contributed by atoms with Gasteiger partial charge in [0.1, 0.15) is 5.60 Å². The van der Waals surface area contributed by atoms with Gasteiger partial charge in [-0.25, -0.2) is 9.97 Å². The van der Waals surface area contributed by atoms with Gasteiger partial charge in [0.15, 0.2) is 5.82 Å². The Morgan fingerprint density at radius 2 is 2.29 bits per heavy atom. The molecule has 2 aliphatic rings. The molecule has 5 heteroatoms. The molecule has 0 aromatic carbocycles. The van der Waals surface area contributed by atoms with Crippen molar-refractivity contribution >= 4 is 15.9 Å². The number of hydrogen-bond acceptors (Lipinski definition) is 4. The maximum atomic E-state index is 5.76. The van der Waals surface area contributed by atoms with Crippen molar-refractivity contribution in [1.82, 2.24) is 15.3 Å². The molecule has 0 aliphatic carbocycles. The van der Waals surface area contributed by atoms with E-state index in [4.69, 9.17) is 4.74 Å². The SMILES string of the molecule is Brc1cnc(C23CNC(CO2)C3)nc1. The molecule has 0 spiro atoms. The van der Waals surface area contributed by atoms with Gasteiger partial charge >= 0.3 is 0 Å². The molecule has 3 heterocycles. The summed E-state index contributed by atoms with van der Waals surface area (Å²) in [5.74, 6) is 0.799. The number of aromatic nitrogens is 2. The molecule has 4 nitrogen and oxygen atoms in total. The molecule has 2 saturated heterocycles. The van der Waals surface area contributed by atoms with Crippen LogP contribution < -0.4 is 5.32 Å².